The summed E-state index contributed by atoms with van der Waals surface area (Å²) in [5.74, 6) is 0.0741. The van der Waals surface area contributed by atoms with Crippen molar-refractivity contribution in [1.29, 1.82) is 10.5 Å². The van der Waals surface area contributed by atoms with Gasteiger partial charge in [-0.1, -0.05) is 88.7 Å². The number of allylic oxidation sites excluding steroid dienone is 1. The van der Waals surface area contributed by atoms with Gasteiger partial charge in [0, 0.05) is 12.8 Å². The number of carbonyl (C=O) groups is 2. The summed E-state index contributed by atoms with van der Waals surface area (Å²) in [5, 5.41) is 18.6. The van der Waals surface area contributed by atoms with Gasteiger partial charge >= 0.3 is 11.9 Å². The van der Waals surface area contributed by atoms with Crippen molar-refractivity contribution in [3.63, 3.8) is 0 Å². The molecule has 0 saturated carbocycles. The Labute approximate surface area is 211 Å². The molecule has 1 heterocycles. The molecule has 0 atom stereocenters. The third-order valence-electron chi connectivity index (χ3n) is 5.27. The van der Waals surface area contributed by atoms with Crippen LogP contribution >= 0.6 is 23.5 Å². The molecule has 1 aliphatic heterocycles. The second kappa shape index (κ2) is 15.5. The fourth-order valence-electron chi connectivity index (χ4n) is 3.40. The Hall–Kier alpha value is -2.42. The normalized spacial score (nSPS) is 11.9. The number of unbranched alkanes of at least 4 members (excludes halogenated alkanes) is 8. The number of hydrogen-bond acceptors (Lipinski definition) is 8. The summed E-state index contributed by atoms with van der Waals surface area (Å²) in [6, 6.07) is 7.03. The first kappa shape index (κ1) is 27.8. The van der Waals surface area contributed by atoms with Crippen LogP contribution in [0.1, 0.15) is 90.9 Å². The van der Waals surface area contributed by atoms with Crippen LogP contribution in [0.3, 0.4) is 0 Å². The van der Waals surface area contributed by atoms with Crippen molar-refractivity contribution < 1.29 is 19.1 Å². The van der Waals surface area contributed by atoms with Crippen molar-refractivity contribution in [3.8, 4) is 23.6 Å². The summed E-state index contributed by atoms with van der Waals surface area (Å²) < 4.78 is 11.7. The topological polar surface area (TPSA) is 100 Å². The minimum absolute atomic E-state index is 0.0207. The first-order valence-corrected chi connectivity index (χ1v) is 13.7. The molecule has 34 heavy (non-hydrogen) atoms. The Bertz CT molecular complexity index is 901. The molecule has 0 bridgehead atoms. The fraction of sp³-hybridized carbons (Fsp3) is 0.538. The summed E-state index contributed by atoms with van der Waals surface area (Å²) in [6.07, 6.45) is 11.0. The maximum absolute atomic E-state index is 12.4. The van der Waals surface area contributed by atoms with Gasteiger partial charge in [0.1, 0.15) is 29.2 Å². The van der Waals surface area contributed by atoms with Gasteiger partial charge in [-0.2, -0.15) is 10.5 Å². The van der Waals surface area contributed by atoms with Crippen LogP contribution < -0.4 is 9.47 Å². The van der Waals surface area contributed by atoms with Gasteiger partial charge in [-0.05, 0) is 25.0 Å². The average Bonchev–Trinajstić information content (AvgIpc) is 3.27. The SMILES string of the molecule is CCCCCCCC(=O)Oc1ccc(OC(=O)CCCCCCC)c2c1SC(=C(C#N)C#N)S2. The molecule has 0 aliphatic carbocycles. The number of rotatable bonds is 14. The van der Waals surface area contributed by atoms with E-state index in [-0.39, 0.29) is 17.5 Å². The molecule has 8 heteroatoms. The first-order valence-electron chi connectivity index (χ1n) is 12.0. The van der Waals surface area contributed by atoms with Gasteiger partial charge in [0.2, 0.25) is 0 Å². The van der Waals surface area contributed by atoms with Gasteiger partial charge in [-0.15, -0.1) is 0 Å². The number of esters is 2. The van der Waals surface area contributed by atoms with Crippen molar-refractivity contribution in [2.45, 2.75) is 101 Å². The fourth-order valence-corrected chi connectivity index (χ4v) is 5.88. The molecule has 0 amide bonds. The molecule has 0 aromatic heterocycles. The van der Waals surface area contributed by atoms with E-state index in [2.05, 4.69) is 13.8 Å². The molecular weight excluding hydrogens is 468 g/mol. The first-order chi connectivity index (χ1) is 16.5. The second-order valence-corrected chi connectivity index (χ2v) is 10.4. The van der Waals surface area contributed by atoms with Crippen LogP contribution in [0.4, 0.5) is 0 Å². The number of ether oxygens (including phenoxy) is 2. The predicted octanol–water partition coefficient (Wildman–Crippen LogP) is 7.67. The summed E-state index contributed by atoms with van der Waals surface area (Å²) in [5.41, 5.74) is -0.0207. The second-order valence-electron chi connectivity index (χ2n) is 8.09. The molecule has 1 aromatic carbocycles. The summed E-state index contributed by atoms with van der Waals surface area (Å²) in [4.78, 5) is 26.0. The van der Waals surface area contributed by atoms with E-state index in [9.17, 15) is 20.1 Å². The number of nitriles is 2. The summed E-state index contributed by atoms with van der Waals surface area (Å²) in [7, 11) is 0. The molecule has 182 valence electrons. The number of benzene rings is 1. The molecule has 0 unspecified atom stereocenters. The maximum Gasteiger partial charge on any atom is 0.311 e. The Morgan fingerprint density at radius 3 is 1.53 bits per heavy atom. The quantitative estimate of drug-likeness (QED) is 0.111. The highest BCUT2D eigenvalue weighted by Crippen LogP contribution is 2.58. The summed E-state index contributed by atoms with van der Waals surface area (Å²) >= 11 is 2.39. The van der Waals surface area contributed by atoms with E-state index in [0.29, 0.717) is 38.4 Å². The Kier molecular flexibility index (Phi) is 12.7. The zero-order chi connectivity index (χ0) is 24.8. The van der Waals surface area contributed by atoms with E-state index in [0.717, 1.165) is 64.2 Å². The standard InChI is InChI=1S/C26H32N2O4S2/c1-3-5-7-9-11-13-22(29)31-20-15-16-21(32-23(30)14-12-10-8-6-4-2)25-24(20)33-26(34-25)19(17-27)18-28/h15-16H,3-14H2,1-2H3. The Balaban J connectivity index is 2.12. The molecule has 1 aromatic rings. The van der Waals surface area contributed by atoms with E-state index in [1.54, 1.807) is 12.1 Å². The highest BCUT2D eigenvalue weighted by molar-refractivity contribution is 8.24. The van der Waals surface area contributed by atoms with E-state index >= 15 is 0 Å². The number of fused-ring (bicyclic) bond motifs is 1. The molecule has 1 aliphatic rings. The Morgan fingerprint density at radius 1 is 0.735 bits per heavy atom. The maximum atomic E-state index is 12.4. The van der Waals surface area contributed by atoms with Gasteiger partial charge in [0.05, 0.1) is 14.0 Å². The van der Waals surface area contributed by atoms with Crippen LogP contribution in [0.25, 0.3) is 0 Å². The lowest BCUT2D eigenvalue weighted by Gasteiger charge is -2.12. The third-order valence-corrected chi connectivity index (χ3v) is 7.90. The average molecular weight is 501 g/mol. The molecular formula is C26H32N2O4S2. The predicted molar refractivity (Wildman–Crippen MR) is 134 cm³/mol. The lowest BCUT2D eigenvalue weighted by Crippen LogP contribution is -2.10. The third kappa shape index (κ3) is 8.74. The zero-order valence-corrected chi connectivity index (χ0v) is 21.6. The van der Waals surface area contributed by atoms with Gasteiger partial charge < -0.3 is 9.47 Å². The molecule has 2 rings (SSSR count). The monoisotopic (exact) mass is 500 g/mol. The van der Waals surface area contributed by atoms with Crippen molar-refractivity contribution in [2.24, 2.45) is 0 Å². The molecule has 0 N–H and O–H groups in total. The largest absolute Gasteiger partial charge is 0.425 e. The van der Waals surface area contributed by atoms with Crippen LogP contribution in [-0.2, 0) is 9.59 Å². The number of hydrogen-bond donors (Lipinski definition) is 0. The van der Waals surface area contributed by atoms with Crippen LogP contribution in [0.2, 0.25) is 0 Å². The lowest BCUT2D eigenvalue weighted by molar-refractivity contribution is -0.136. The summed E-state index contributed by atoms with van der Waals surface area (Å²) in [6.45, 7) is 4.29. The van der Waals surface area contributed by atoms with Crippen LogP contribution in [0.5, 0.6) is 11.5 Å². The van der Waals surface area contributed by atoms with Crippen molar-refractivity contribution in [3.05, 3.63) is 21.9 Å². The highest BCUT2D eigenvalue weighted by atomic mass is 32.2. The number of thioether (sulfide) groups is 2. The van der Waals surface area contributed by atoms with Crippen LogP contribution in [0.15, 0.2) is 31.7 Å². The molecule has 0 saturated heterocycles. The molecule has 0 fully saturated rings. The van der Waals surface area contributed by atoms with Gasteiger partial charge in [0.15, 0.2) is 0 Å². The van der Waals surface area contributed by atoms with Crippen molar-refractivity contribution in [2.75, 3.05) is 0 Å². The minimum Gasteiger partial charge on any atom is -0.425 e. The highest BCUT2D eigenvalue weighted by Gasteiger charge is 2.30. The van der Waals surface area contributed by atoms with Gasteiger partial charge in [0.25, 0.3) is 0 Å². The van der Waals surface area contributed by atoms with Crippen LogP contribution in [-0.4, -0.2) is 11.9 Å². The van der Waals surface area contributed by atoms with Crippen LogP contribution in [0, 0.1) is 22.7 Å². The molecule has 6 nitrogen and oxygen atoms in total. The van der Waals surface area contributed by atoms with Crippen molar-refractivity contribution in [1.82, 2.24) is 0 Å². The minimum atomic E-state index is -0.320. The van der Waals surface area contributed by atoms with E-state index < -0.39 is 0 Å². The molecule has 0 spiro atoms. The van der Waals surface area contributed by atoms with Crippen molar-refractivity contribution >= 4 is 35.5 Å². The number of nitrogens with zero attached hydrogens (tertiary/aromatic N) is 2. The lowest BCUT2D eigenvalue weighted by atomic mass is 10.1. The van der Waals surface area contributed by atoms with Gasteiger partial charge in [-0.3, -0.25) is 9.59 Å². The van der Waals surface area contributed by atoms with E-state index in [4.69, 9.17) is 9.47 Å². The van der Waals surface area contributed by atoms with E-state index in [1.165, 1.54) is 23.5 Å². The Morgan fingerprint density at radius 2 is 1.15 bits per heavy atom. The molecule has 0 radical (unpaired) electrons. The van der Waals surface area contributed by atoms with Gasteiger partial charge in [-0.25, -0.2) is 0 Å². The van der Waals surface area contributed by atoms with E-state index in [1.807, 2.05) is 12.1 Å². The zero-order valence-electron chi connectivity index (χ0n) is 20.0. The number of carbonyl (C=O) groups excluding carboxylic acids is 2. The smallest absolute Gasteiger partial charge is 0.311 e.